The van der Waals surface area contributed by atoms with Crippen LogP contribution in [0, 0.1) is 5.92 Å². The van der Waals surface area contributed by atoms with Crippen molar-refractivity contribution in [3.05, 3.63) is 0 Å². The van der Waals surface area contributed by atoms with Crippen LogP contribution in [0.5, 0.6) is 0 Å². The summed E-state index contributed by atoms with van der Waals surface area (Å²) < 4.78 is 0. The van der Waals surface area contributed by atoms with E-state index in [1.807, 2.05) is 0 Å². The lowest BCUT2D eigenvalue weighted by Crippen LogP contribution is -2.26. The number of hydrogen-bond acceptors (Lipinski definition) is 1. The molecule has 2 atom stereocenters. The number of unbranched alkanes of at least 4 members (excludes halogenated alkanes) is 4. The largest absolute Gasteiger partial charge is 0.314 e. The quantitative estimate of drug-likeness (QED) is 0.613. The van der Waals surface area contributed by atoms with Gasteiger partial charge in [0.2, 0.25) is 0 Å². The van der Waals surface area contributed by atoms with Crippen molar-refractivity contribution in [2.24, 2.45) is 5.92 Å². The Kier molecular flexibility index (Phi) is 6.25. The van der Waals surface area contributed by atoms with Crippen molar-refractivity contribution in [1.29, 1.82) is 0 Å². The van der Waals surface area contributed by atoms with Crippen LogP contribution >= 0.6 is 0 Å². The average Bonchev–Trinajstić information content (AvgIpc) is 2.65. The lowest BCUT2D eigenvalue weighted by Gasteiger charge is -2.17. The van der Waals surface area contributed by atoms with E-state index in [-0.39, 0.29) is 0 Å². The molecule has 1 fully saturated rings. The van der Waals surface area contributed by atoms with Crippen LogP contribution in [-0.2, 0) is 0 Å². The van der Waals surface area contributed by atoms with Gasteiger partial charge in [0, 0.05) is 6.04 Å². The van der Waals surface area contributed by atoms with Gasteiger partial charge in [-0.3, -0.25) is 0 Å². The molecule has 1 heterocycles. The van der Waals surface area contributed by atoms with Crippen molar-refractivity contribution in [2.45, 2.75) is 71.3 Å². The third kappa shape index (κ3) is 4.00. The zero-order valence-corrected chi connectivity index (χ0v) is 10.0. The molecule has 2 unspecified atom stereocenters. The van der Waals surface area contributed by atoms with Gasteiger partial charge in [-0.15, -0.1) is 0 Å². The van der Waals surface area contributed by atoms with Gasteiger partial charge in [-0.25, -0.2) is 0 Å². The molecule has 0 amide bonds. The molecule has 0 aromatic carbocycles. The molecule has 0 radical (unpaired) electrons. The van der Waals surface area contributed by atoms with E-state index in [9.17, 15) is 0 Å². The second-order valence-electron chi connectivity index (χ2n) is 4.72. The first kappa shape index (κ1) is 12.0. The van der Waals surface area contributed by atoms with Crippen LogP contribution in [0.3, 0.4) is 0 Å². The molecule has 1 saturated heterocycles. The zero-order chi connectivity index (χ0) is 10.2. The van der Waals surface area contributed by atoms with Crippen molar-refractivity contribution < 1.29 is 0 Å². The van der Waals surface area contributed by atoms with Crippen LogP contribution in [0.4, 0.5) is 0 Å². The normalized spacial score (nSPS) is 27.0. The van der Waals surface area contributed by atoms with E-state index in [1.165, 1.54) is 57.9 Å². The second-order valence-corrected chi connectivity index (χ2v) is 4.72. The van der Waals surface area contributed by atoms with Gasteiger partial charge in [-0.2, -0.15) is 0 Å². The minimum Gasteiger partial charge on any atom is -0.314 e. The lowest BCUT2D eigenvalue weighted by atomic mass is 9.93. The molecule has 0 saturated carbocycles. The molecular formula is C13H27N. The third-order valence-electron chi connectivity index (χ3n) is 3.63. The summed E-state index contributed by atoms with van der Waals surface area (Å²) in [7, 11) is 0. The predicted octanol–water partition coefficient (Wildman–Crippen LogP) is 3.74. The van der Waals surface area contributed by atoms with Crippen LogP contribution in [0.2, 0.25) is 0 Å². The highest BCUT2D eigenvalue weighted by Gasteiger charge is 2.23. The fraction of sp³-hybridized carbons (Fsp3) is 1.00. The van der Waals surface area contributed by atoms with E-state index in [2.05, 4.69) is 19.2 Å². The Labute approximate surface area is 89.7 Å². The van der Waals surface area contributed by atoms with Gasteiger partial charge in [0.05, 0.1) is 0 Å². The Hall–Kier alpha value is -0.0400. The maximum atomic E-state index is 3.65. The average molecular weight is 197 g/mol. The molecule has 1 aliphatic heterocycles. The second kappa shape index (κ2) is 7.28. The molecule has 1 rings (SSSR count). The van der Waals surface area contributed by atoms with E-state index in [0.717, 1.165) is 12.0 Å². The van der Waals surface area contributed by atoms with Crippen LogP contribution in [0.15, 0.2) is 0 Å². The first-order valence-electron chi connectivity index (χ1n) is 6.61. The molecule has 1 heteroatoms. The van der Waals surface area contributed by atoms with Gasteiger partial charge in [0.25, 0.3) is 0 Å². The van der Waals surface area contributed by atoms with Crippen LogP contribution < -0.4 is 5.32 Å². The summed E-state index contributed by atoms with van der Waals surface area (Å²) in [5, 5.41) is 3.65. The van der Waals surface area contributed by atoms with E-state index < -0.39 is 0 Å². The lowest BCUT2D eigenvalue weighted by molar-refractivity contribution is 0.396. The molecule has 0 aromatic heterocycles. The molecule has 84 valence electrons. The maximum Gasteiger partial charge on any atom is 0.00956 e. The Balaban J connectivity index is 2.00. The molecular weight excluding hydrogens is 170 g/mol. The van der Waals surface area contributed by atoms with Crippen LogP contribution in [0.1, 0.15) is 65.2 Å². The summed E-state index contributed by atoms with van der Waals surface area (Å²) >= 11 is 0. The van der Waals surface area contributed by atoms with Crippen molar-refractivity contribution in [1.82, 2.24) is 5.32 Å². The summed E-state index contributed by atoms with van der Waals surface area (Å²) in [6.07, 6.45) is 11.3. The minimum absolute atomic E-state index is 0.849. The molecule has 0 bridgehead atoms. The minimum atomic E-state index is 0.849. The highest BCUT2D eigenvalue weighted by Crippen LogP contribution is 2.23. The van der Waals surface area contributed by atoms with E-state index in [4.69, 9.17) is 0 Å². The number of rotatable bonds is 7. The summed E-state index contributed by atoms with van der Waals surface area (Å²) in [5.41, 5.74) is 0. The van der Waals surface area contributed by atoms with Gasteiger partial charge in [-0.1, -0.05) is 52.4 Å². The van der Waals surface area contributed by atoms with Gasteiger partial charge in [-0.05, 0) is 25.3 Å². The summed E-state index contributed by atoms with van der Waals surface area (Å²) in [4.78, 5) is 0. The molecule has 0 spiro atoms. The first-order valence-corrected chi connectivity index (χ1v) is 6.61. The molecule has 1 N–H and O–H groups in total. The van der Waals surface area contributed by atoms with E-state index in [0.29, 0.717) is 0 Å². The Morgan fingerprint density at radius 3 is 2.57 bits per heavy atom. The van der Waals surface area contributed by atoms with Gasteiger partial charge in [0.1, 0.15) is 0 Å². The molecule has 14 heavy (non-hydrogen) atoms. The van der Waals surface area contributed by atoms with Crippen molar-refractivity contribution in [3.8, 4) is 0 Å². The first-order chi connectivity index (χ1) is 6.88. The summed E-state index contributed by atoms with van der Waals surface area (Å²) in [5.74, 6) is 0.973. The standard InChI is InChI=1S/C13H27N/c1-3-5-6-7-8-9-13-12(4-2)10-11-14-13/h12-14H,3-11H2,1-2H3. The maximum absolute atomic E-state index is 3.65. The van der Waals surface area contributed by atoms with Gasteiger partial charge in [0.15, 0.2) is 0 Å². The molecule has 1 aliphatic rings. The molecule has 0 aliphatic carbocycles. The summed E-state index contributed by atoms with van der Waals surface area (Å²) in [6.45, 7) is 5.88. The van der Waals surface area contributed by atoms with E-state index >= 15 is 0 Å². The van der Waals surface area contributed by atoms with Gasteiger partial charge >= 0.3 is 0 Å². The number of nitrogens with one attached hydrogen (secondary N) is 1. The van der Waals surface area contributed by atoms with Crippen LogP contribution in [0.25, 0.3) is 0 Å². The van der Waals surface area contributed by atoms with E-state index in [1.54, 1.807) is 0 Å². The smallest absolute Gasteiger partial charge is 0.00956 e. The Bertz CT molecular complexity index is 133. The Morgan fingerprint density at radius 2 is 1.86 bits per heavy atom. The SMILES string of the molecule is CCCCCCCC1NCCC1CC. The van der Waals surface area contributed by atoms with Crippen LogP contribution in [-0.4, -0.2) is 12.6 Å². The van der Waals surface area contributed by atoms with Crippen molar-refractivity contribution in [3.63, 3.8) is 0 Å². The highest BCUT2D eigenvalue weighted by molar-refractivity contribution is 4.82. The topological polar surface area (TPSA) is 12.0 Å². The number of hydrogen-bond donors (Lipinski definition) is 1. The monoisotopic (exact) mass is 197 g/mol. The summed E-state index contributed by atoms with van der Waals surface area (Å²) in [6, 6.07) is 0.849. The fourth-order valence-electron chi connectivity index (χ4n) is 2.62. The molecule has 1 nitrogen and oxygen atoms in total. The Morgan fingerprint density at radius 1 is 1.07 bits per heavy atom. The van der Waals surface area contributed by atoms with Crippen molar-refractivity contribution in [2.75, 3.05) is 6.54 Å². The predicted molar refractivity (Wildman–Crippen MR) is 63.6 cm³/mol. The zero-order valence-electron chi connectivity index (χ0n) is 10.0. The molecule has 0 aromatic rings. The fourth-order valence-corrected chi connectivity index (χ4v) is 2.62. The van der Waals surface area contributed by atoms with Crippen molar-refractivity contribution >= 4 is 0 Å². The van der Waals surface area contributed by atoms with Gasteiger partial charge < -0.3 is 5.32 Å². The third-order valence-corrected chi connectivity index (χ3v) is 3.63. The highest BCUT2D eigenvalue weighted by atomic mass is 14.9.